The van der Waals surface area contributed by atoms with Crippen molar-refractivity contribution in [3.05, 3.63) is 88.9 Å². The summed E-state index contributed by atoms with van der Waals surface area (Å²) in [5.41, 5.74) is 1.48. The summed E-state index contributed by atoms with van der Waals surface area (Å²) in [6.45, 7) is 0.108. The molecule has 0 radical (unpaired) electrons. The van der Waals surface area contributed by atoms with Gasteiger partial charge in [-0.05, 0) is 48.0 Å². The molecule has 0 heterocycles. The molecular formula is C21H19ClN2O4S. The van der Waals surface area contributed by atoms with Crippen LogP contribution in [0, 0.1) is 0 Å². The fraction of sp³-hybridized carbons (Fsp3) is 0.0952. The first-order valence-corrected chi connectivity index (χ1v) is 10.5. The Balaban J connectivity index is 1.81. The maximum atomic E-state index is 12.7. The molecule has 29 heavy (non-hydrogen) atoms. The minimum absolute atomic E-state index is 0.00984. The Morgan fingerprint density at radius 2 is 1.69 bits per heavy atom. The van der Waals surface area contributed by atoms with Gasteiger partial charge in [0.1, 0.15) is 5.75 Å². The molecule has 0 spiro atoms. The Morgan fingerprint density at radius 3 is 2.34 bits per heavy atom. The van der Waals surface area contributed by atoms with Gasteiger partial charge in [0.05, 0.1) is 17.7 Å². The van der Waals surface area contributed by atoms with Gasteiger partial charge in [-0.25, -0.2) is 13.1 Å². The molecule has 0 unspecified atom stereocenters. The summed E-state index contributed by atoms with van der Waals surface area (Å²) in [5, 5.41) is 3.27. The van der Waals surface area contributed by atoms with E-state index in [-0.39, 0.29) is 23.0 Å². The van der Waals surface area contributed by atoms with Crippen molar-refractivity contribution in [1.82, 2.24) is 4.72 Å². The number of sulfonamides is 1. The van der Waals surface area contributed by atoms with E-state index in [9.17, 15) is 13.2 Å². The standard InChI is InChI=1S/C21H19ClN2O4S/c1-28-20-12-11-18(13-19(20)24-21(25)16-5-3-2-4-6-16)29(26,27)23-14-15-7-9-17(22)10-8-15/h2-13,23H,14H2,1H3,(H,24,25). The second kappa shape index (κ2) is 9.09. The molecule has 0 aliphatic carbocycles. The number of benzene rings is 3. The van der Waals surface area contributed by atoms with Crippen molar-refractivity contribution in [3.63, 3.8) is 0 Å². The van der Waals surface area contributed by atoms with Crippen molar-refractivity contribution in [1.29, 1.82) is 0 Å². The van der Waals surface area contributed by atoms with Crippen molar-refractivity contribution >= 4 is 33.2 Å². The van der Waals surface area contributed by atoms with Crippen LogP contribution in [0.3, 0.4) is 0 Å². The average Bonchev–Trinajstić information content (AvgIpc) is 2.74. The highest BCUT2D eigenvalue weighted by molar-refractivity contribution is 7.89. The van der Waals surface area contributed by atoms with E-state index in [0.29, 0.717) is 16.3 Å². The number of carbonyl (C=O) groups is 1. The summed E-state index contributed by atoms with van der Waals surface area (Å²) in [5.74, 6) is -0.0153. The highest BCUT2D eigenvalue weighted by Crippen LogP contribution is 2.28. The Kier molecular flexibility index (Phi) is 6.53. The molecule has 0 aliphatic heterocycles. The van der Waals surface area contributed by atoms with Gasteiger partial charge in [-0.15, -0.1) is 0 Å². The van der Waals surface area contributed by atoms with Crippen LogP contribution in [0.15, 0.2) is 77.7 Å². The maximum absolute atomic E-state index is 12.7. The minimum Gasteiger partial charge on any atom is -0.495 e. The summed E-state index contributed by atoms with van der Waals surface area (Å²) in [4.78, 5) is 12.4. The van der Waals surface area contributed by atoms with E-state index in [2.05, 4.69) is 10.0 Å². The van der Waals surface area contributed by atoms with Gasteiger partial charge < -0.3 is 10.1 Å². The summed E-state index contributed by atoms with van der Waals surface area (Å²) >= 11 is 5.84. The third-order valence-electron chi connectivity index (χ3n) is 4.14. The van der Waals surface area contributed by atoms with Crippen LogP contribution in [0.1, 0.15) is 15.9 Å². The summed E-state index contributed by atoms with van der Waals surface area (Å²) in [7, 11) is -2.36. The molecule has 2 N–H and O–H groups in total. The SMILES string of the molecule is COc1ccc(S(=O)(=O)NCc2ccc(Cl)cc2)cc1NC(=O)c1ccccc1. The molecule has 1 amide bonds. The lowest BCUT2D eigenvalue weighted by atomic mass is 10.2. The molecule has 150 valence electrons. The number of amides is 1. The smallest absolute Gasteiger partial charge is 0.255 e. The van der Waals surface area contributed by atoms with Gasteiger partial charge in [-0.1, -0.05) is 41.9 Å². The molecule has 6 nitrogen and oxygen atoms in total. The average molecular weight is 431 g/mol. The monoisotopic (exact) mass is 430 g/mol. The second-order valence-electron chi connectivity index (χ2n) is 6.13. The zero-order chi connectivity index (χ0) is 20.9. The zero-order valence-corrected chi connectivity index (χ0v) is 17.1. The molecule has 0 saturated heterocycles. The molecule has 0 bridgehead atoms. The molecule has 0 aliphatic rings. The predicted molar refractivity (Wildman–Crippen MR) is 113 cm³/mol. The van der Waals surface area contributed by atoms with Gasteiger partial charge in [0.25, 0.3) is 5.91 Å². The lowest BCUT2D eigenvalue weighted by molar-refractivity contribution is 0.102. The second-order valence-corrected chi connectivity index (χ2v) is 8.34. The highest BCUT2D eigenvalue weighted by atomic mass is 35.5. The first kappa shape index (κ1) is 20.9. The van der Waals surface area contributed by atoms with Crippen molar-refractivity contribution in [2.75, 3.05) is 12.4 Å². The van der Waals surface area contributed by atoms with Crippen molar-refractivity contribution < 1.29 is 17.9 Å². The van der Waals surface area contributed by atoms with E-state index >= 15 is 0 Å². The largest absolute Gasteiger partial charge is 0.495 e. The van der Waals surface area contributed by atoms with E-state index < -0.39 is 10.0 Å². The van der Waals surface area contributed by atoms with Crippen molar-refractivity contribution in [3.8, 4) is 5.75 Å². The van der Waals surface area contributed by atoms with Crippen molar-refractivity contribution in [2.24, 2.45) is 0 Å². The summed E-state index contributed by atoms with van der Waals surface area (Å²) < 4.78 is 33.2. The number of methoxy groups -OCH3 is 1. The van der Waals surface area contributed by atoms with Gasteiger partial charge in [-0.2, -0.15) is 0 Å². The van der Waals surface area contributed by atoms with Gasteiger partial charge >= 0.3 is 0 Å². The molecule has 8 heteroatoms. The zero-order valence-electron chi connectivity index (χ0n) is 15.6. The van der Waals surface area contributed by atoms with Crippen LogP contribution in [-0.4, -0.2) is 21.4 Å². The lowest BCUT2D eigenvalue weighted by Gasteiger charge is -2.13. The fourth-order valence-electron chi connectivity index (χ4n) is 2.60. The maximum Gasteiger partial charge on any atom is 0.255 e. The first-order valence-electron chi connectivity index (χ1n) is 8.67. The highest BCUT2D eigenvalue weighted by Gasteiger charge is 2.18. The van der Waals surface area contributed by atoms with Crippen LogP contribution in [0.25, 0.3) is 0 Å². The fourth-order valence-corrected chi connectivity index (χ4v) is 3.77. The van der Waals surface area contributed by atoms with Gasteiger partial charge in [0, 0.05) is 17.1 Å². The van der Waals surface area contributed by atoms with Crippen molar-refractivity contribution in [2.45, 2.75) is 11.4 Å². The van der Waals surface area contributed by atoms with Gasteiger partial charge in [0.15, 0.2) is 0 Å². The van der Waals surface area contributed by atoms with Gasteiger partial charge in [0.2, 0.25) is 10.0 Å². The molecule has 0 saturated carbocycles. The number of ether oxygens (including phenoxy) is 1. The third-order valence-corrected chi connectivity index (χ3v) is 5.80. The number of anilines is 1. The number of halogens is 1. The predicted octanol–water partition coefficient (Wildman–Crippen LogP) is 4.08. The van der Waals surface area contributed by atoms with Crippen LogP contribution in [0.4, 0.5) is 5.69 Å². The molecule has 0 aromatic heterocycles. The van der Waals surface area contributed by atoms with E-state index in [1.165, 1.54) is 25.3 Å². The van der Waals surface area contributed by atoms with Crippen LogP contribution in [0.5, 0.6) is 5.75 Å². The summed E-state index contributed by atoms with van der Waals surface area (Å²) in [6.07, 6.45) is 0. The number of carbonyl (C=O) groups excluding carboxylic acids is 1. The lowest BCUT2D eigenvalue weighted by Crippen LogP contribution is -2.23. The van der Waals surface area contributed by atoms with Crippen LogP contribution >= 0.6 is 11.6 Å². The molecule has 0 atom stereocenters. The summed E-state index contributed by atoms with van der Waals surface area (Å²) in [6, 6.07) is 19.8. The number of hydrogen-bond acceptors (Lipinski definition) is 4. The van der Waals surface area contributed by atoms with Crippen LogP contribution < -0.4 is 14.8 Å². The van der Waals surface area contributed by atoms with E-state index in [4.69, 9.17) is 16.3 Å². The van der Waals surface area contributed by atoms with E-state index in [1.807, 2.05) is 0 Å². The molecule has 0 fully saturated rings. The first-order chi connectivity index (χ1) is 13.9. The third kappa shape index (κ3) is 5.35. The van der Waals surface area contributed by atoms with Crippen LogP contribution in [-0.2, 0) is 16.6 Å². The number of nitrogens with one attached hydrogen (secondary N) is 2. The Labute approximate surface area is 174 Å². The molecular weight excluding hydrogens is 412 g/mol. The Hall–Kier alpha value is -2.87. The quantitative estimate of drug-likeness (QED) is 0.591. The van der Waals surface area contributed by atoms with E-state index in [1.54, 1.807) is 54.6 Å². The Morgan fingerprint density at radius 1 is 1.00 bits per heavy atom. The normalized spacial score (nSPS) is 11.1. The number of rotatable bonds is 7. The Bertz CT molecular complexity index is 1100. The topological polar surface area (TPSA) is 84.5 Å². The van der Waals surface area contributed by atoms with Crippen LogP contribution in [0.2, 0.25) is 5.02 Å². The minimum atomic E-state index is -3.81. The molecule has 3 aromatic carbocycles. The molecule has 3 aromatic rings. The van der Waals surface area contributed by atoms with Gasteiger partial charge in [-0.3, -0.25) is 4.79 Å². The number of hydrogen-bond donors (Lipinski definition) is 2. The van der Waals surface area contributed by atoms with E-state index in [0.717, 1.165) is 5.56 Å². The molecule has 3 rings (SSSR count).